The Bertz CT molecular complexity index is 271. The summed E-state index contributed by atoms with van der Waals surface area (Å²) in [6, 6.07) is 0. The van der Waals surface area contributed by atoms with E-state index in [9.17, 15) is 4.79 Å². The molecule has 6 heteroatoms. The molecule has 1 heterocycles. The normalized spacial score (nSPS) is 31.9. The first kappa shape index (κ1) is 15.4. The quantitative estimate of drug-likeness (QED) is 0.711. The number of carbonyl (C=O) groups is 1. The molecule has 0 saturated carbocycles. The zero-order chi connectivity index (χ0) is 13.7. The van der Waals surface area contributed by atoms with Gasteiger partial charge in [-0.3, -0.25) is 9.63 Å². The highest BCUT2D eigenvalue weighted by atomic mass is 16.7. The Balaban J connectivity index is 2.55. The molecule has 1 saturated heterocycles. The molecule has 18 heavy (non-hydrogen) atoms. The lowest BCUT2D eigenvalue weighted by molar-refractivity contribution is -0.139. The van der Waals surface area contributed by atoms with Crippen LogP contribution in [0.2, 0.25) is 0 Å². The number of amides is 1. The van der Waals surface area contributed by atoms with Gasteiger partial charge in [-0.05, 0) is 20.8 Å². The molecule has 1 aliphatic rings. The number of nitrogens with one attached hydrogen (secondary N) is 1. The summed E-state index contributed by atoms with van der Waals surface area (Å²) in [6.07, 6.45) is -0.564. The Morgan fingerprint density at radius 3 is 2.56 bits per heavy atom. The van der Waals surface area contributed by atoms with Gasteiger partial charge < -0.3 is 14.2 Å². The van der Waals surface area contributed by atoms with Crippen molar-refractivity contribution < 1.29 is 23.8 Å². The maximum absolute atomic E-state index is 10.7. The van der Waals surface area contributed by atoms with Crippen LogP contribution < -0.4 is 5.48 Å². The van der Waals surface area contributed by atoms with Gasteiger partial charge in [-0.25, -0.2) is 5.48 Å². The van der Waals surface area contributed by atoms with Gasteiger partial charge in [0.15, 0.2) is 0 Å². The second-order valence-corrected chi connectivity index (χ2v) is 4.70. The third-order valence-corrected chi connectivity index (χ3v) is 2.71. The molecule has 1 aliphatic heterocycles. The van der Waals surface area contributed by atoms with Crippen LogP contribution in [0.3, 0.4) is 0 Å². The SMILES string of the molecule is CO[C@@H]1[C@H](OC(C)C)[C@@H](CONC(C)=O)O[C@H]1C. The van der Waals surface area contributed by atoms with Crippen LogP contribution in [0.4, 0.5) is 0 Å². The highest BCUT2D eigenvalue weighted by molar-refractivity contribution is 5.71. The summed E-state index contributed by atoms with van der Waals surface area (Å²) in [7, 11) is 1.64. The predicted octanol–water partition coefficient (Wildman–Crippen LogP) is 0.650. The van der Waals surface area contributed by atoms with Crippen LogP contribution in [0, 0.1) is 0 Å². The number of ether oxygens (including phenoxy) is 3. The first-order valence-corrected chi connectivity index (χ1v) is 6.17. The number of rotatable bonds is 6. The summed E-state index contributed by atoms with van der Waals surface area (Å²) in [6.45, 7) is 7.48. The van der Waals surface area contributed by atoms with E-state index in [4.69, 9.17) is 19.0 Å². The molecule has 0 spiro atoms. The van der Waals surface area contributed by atoms with Gasteiger partial charge in [-0.2, -0.15) is 0 Å². The minimum Gasteiger partial charge on any atom is -0.376 e. The molecular formula is C12H23NO5. The smallest absolute Gasteiger partial charge is 0.240 e. The molecule has 0 aliphatic carbocycles. The summed E-state index contributed by atoms with van der Waals surface area (Å²) in [5.74, 6) is -0.245. The van der Waals surface area contributed by atoms with Crippen LogP contribution in [0.5, 0.6) is 0 Å². The lowest BCUT2D eigenvalue weighted by atomic mass is 10.1. The van der Waals surface area contributed by atoms with E-state index in [1.807, 2.05) is 20.8 Å². The van der Waals surface area contributed by atoms with Crippen LogP contribution in [-0.2, 0) is 23.8 Å². The van der Waals surface area contributed by atoms with E-state index >= 15 is 0 Å². The molecular weight excluding hydrogens is 238 g/mol. The number of hydrogen-bond acceptors (Lipinski definition) is 5. The van der Waals surface area contributed by atoms with Crippen LogP contribution in [-0.4, -0.2) is 50.1 Å². The second kappa shape index (κ2) is 7.04. The topological polar surface area (TPSA) is 66.0 Å². The average molecular weight is 261 g/mol. The van der Waals surface area contributed by atoms with Crippen molar-refractivity contribution in [1.82, 2.24) is 5.48 Å². The summed E-state index contributed by atoms with van der Waals surface area (Å²) in [4.78, 5) is 15.8. The van der Waals surface area contributed by atoms with Crippen LogP contribution in [0.15, 0.2) is 0 Å². The van der Waals surface area contributed by atoms with Crippen molar-refractivity contribution in [2.24, 2.45) is 0 Å². The van der Waals surface area contributed by atoms with Crippen molar-refractivity contribution in [3.63, 3.8) is 0 Å². The third-order valence-electron chi connectivity index (χ3n) is 2.71. The second-order valence-electron chi connectivity index (χ2n) is 4.70. The monoisotopic (exact) mass is 261 g/mol. The maximum Gasteiger partial charge on any atom is 0.240 e. The molecule has 1 amide bonds. The zero-order valence-corrected chi connectivity index (χ0v) is 11.6. The van der Waals surface area contributed by atoms with Crippen molar-refractivity contribution in [1.29, 1.82) is 0 Å². The van der Waals surface area contributed by atoms with Crippen LogP contribution in [0.1, 0.15) is 27.7 Å². The summed E-state index contributed by atoms with van der Waals surface area (Å²) >= 11 is 0. The fraction of sp³-hybridized carbons (Fsp3) is 0.917. The first-order chi connectivity index (χ1) is 8.45. The lowest BCUT2D eigenvalue weighted by Crippen LogP contribution is -2.40. The molecule has 1 fully saturated rings. The van der Waals surface area contributed by atoms with Crippen LogP contribution in [0.25, 0.3) is 0 Å². The van der Waals surface area contributed by atoms with Gasteiger partial charge in [0, 0.05) is 14.0 Å². The van der Waals surface area contributed by atoms with Gasteiger partial charge in [0.05, 0.1) is 12.2 Å². The summed E-state index contributed by atoms with van der Waals surface area (Å²) in [5, 5.41) is 0. The zero-order valence-electron chi connectivity index (χ0n) is 11.6. The summed E-state index contributed by atoms with van der Waals surface area (Å²) in [5.41, 5.74) is 2.28. The van der Waals surface area contributed by atoms with E-state index in [1.54, 1.807) is 7.11 Å². The fourth-order valence-corrected chi connectivity index (χ4v) is 2.07. The Kier molecular flexibility index (Phi) is 6.01. The standard InChI is InChI=1S/C12H23NO5/c1-7(2)17-12-10(6-16-13-9(4)14)18-8(3)11(12)15-5/h7-8,10-12H,6H2,1-5H3,(H,13,14)/t8-,10+,11-,12+/m0/s1. The highest BCUT2D eigenvalue weighted by Gasteiger charge is 2.44. The molecule has 0 aromatic heterocycles. The lowest BCUT2D eigenvalue weighted by Gasteiger charge is -2.24. The van der Waals surface area contributed by atoms with E-state index < -0.39 is 0 Å². The maximum atomic E-state index is 10.7. The van der Waals surface area contributed by atoms with E-state index in [1.165, 1.54) is 6.92 Å². The van der Waals surface area contributed by atoms with Crippen molar-refractivity contribution in [2.45, 2.75) is 58.2 Å². The van der Waals surface area contributed by atoms with Gasteiger partial charge in [0.2, 0.25) is 5.91 Å². The van der Waals surface area contributed by atoms with Gasteiger partial charge in [0.25, 0.3) is 0 Å². The minimum atomic E-state index is -0.251. The predicted molar refractivity (Wildman–Crippen MR) is 64.9 cm³/mol. The van der Waals surface area contributed by atoms with Gasteiger partial charge in [-0.15, -0.1) is 0 Å². The van der Waals surface area contributed by atoms with Gasteiger partial charge >= 0.3 is 0 Å². The largest absolute Gasteiger partial charge is 0.376 e. The molecule has 1 rings (SSSR count). The molecule has 0 radical (unpaired) electrons. The van der Waals surface area contributed by atoms with Crippen molar-refractivity contribution in [2.75, 3.05) is 13.7 Å². The van der Waals surface area contributed by atoms with Crippen molar-refractivity contribution >= 4 is 5.91 Å². The van der Waals surface area contributed by atoms with Crippen LogP contribution >= 0.6 is 0 Å². The van der Waals surface area contributed by atoms with E-state index in [2.05, 4.69) is 5.48 Å². The third kappa shape index (κ3) is 4.20. The van der Waals surface area contributed by atoms with Crippen molar-refractivity contribution in [3.05, 3.63) is 0 Å². The molecule has 1 N–H and O–H groups in total. The summed E-state index contributed by atoms with van der Waals surface area (Å²) < 4.78 is 16.9. The average Bonchev–Trinajstić information content (AvgIpc) is 2.53. The van der Waals surface area contributed by atoms with Gasteiger partial charge in [-0.1, -0.05) is 0 Å². The van der Waals surface area contributed by atoms with E-state index in [-0.39, 0.29) is 43.0 Å². The number of carbonyl (C=O) groups excluding carboxylic acids is 1. The molecule has 0 aromatic carbocycles. The number of hydrogen-bond donors (Lipinski definition) is 1. The van der Waals surface area contributed by atoms with Crippen molar-refractivity contribution in [3.8, 4) is 0 Å². The minimum absolute atomic E-state index is 0.0651. The molecule has 4 atom stereocenters. The Morgan fingerprint density at radius 2 is 2.06 bits per heavy atom. The molecule has 0 unspecified atom stereocenters. The Labute approximate surface area is 108 Å². The Morgan fingerprint density at radius 1 is 1.39 bits per heavy atom. The van der Waals surface area contributed by atoms with E-state index in [0.29, 0.717) is 0 Å². The van der Waals surface area contributed by atoms with E-state index in [0.717, 1.165) is 0 Å². The number of hydroxylamine groups is 1. The first-order valence-electron chi connectivity index (χ1n) is 6.17. The molecule has 0 bridgehead atoms. The highest BCUT2D eigenvalue weighted by Crippen LogP contribution is 2.27. The molecule has 6 nitrogen and oxygen atoms in total. The Hall–Kier alpha value is -0.690. The molecule has 0 aromatic rings. The fourth-order valence-electron chi connectivity index (χ4n) is 2.07. The van der Waals surface area contributed by atoms with Gasteiger partial charge in [0.1, 0.15) is 24.9 Å². The number of methoxy groups -OCH3 is 1. The molecule has 106 valence electrons.